The highest BCUT2D eigenvalue weighted by Gasteiger charge is 2.20. The normalized spacial score (nSPS) is 14.2. The number of nitrogens with zero attached hydrogens (tertiary/aromatic N) is 2. The monoisotopic (exact) mass is 497 g/mol. The van der Waals surface area contributed by atoms with Gasteiger partial charge < -0.3 is 10.0 Å². The quantitative estimate of drug-likeness (QED) is 0.358. The first kappa shape index (κ1) is 26.3. The average molecular weight is 498 g/mol. The Hall–Kier alpha value is -3.00. The number of hydrazone groups is 1. The van der Waals surface area contributed by atoms with E-state index < -0.39 is 26.1 Å². The SMILES string of the molecule is Cc1ccc(S(=O)(=O)NN)cc1.Cc1ccc(S(=O)(=O)NN=C2CCN(C(=O)O)CC2)cc1. The van der Waals surface area contributed by atoms with Crippen LogP contribution in [0.25, 0.3) is 0 Å². The van der Waals surface area contributed by atoms with E-state index in [4.69, 9.17) is 10.9 Å². The van der Waals surface area contributed by atoms with Gasteiger partial charge in [0.15, 0.2) is 0 Å². The van der Waals surface area contributed by atoms with Crippen molar-refractivity contribution in [1.82, 2.24) is 14.6 Å². The van der Waals surface area contributed by atoms with Gasteiger partial charge in [-0.25, -0.2) is 18.0 Å². The second-order valence-electron chi connectivity index (χ2n) is 7.29. The molecule has 2 aromatic carbocycles. The Balaban J connectivity index is 0.000000273. The van der Waals surface area contributed by atoms with Gasteiger partial charge in [-0.1, -0.05) is 35.4 Å². The summed E-state index contributed by atoms with van der Waals surface area (Å²) >= 11 is 0. The lowest BCUT2D eigenvalue weighted by molar-refractivity contribution is 0.145. The first-order valence-corrected chi connectivity index (χ1v) is 12.8. The third-order valence-electron chi connectivity index (χ3n) is 4.75. The number of likely N-dealkylation sites (tertiary alicyclic amines) is 1. The molecule has 1 aliphatic rings. The highest BCUT2D eigenvalue weighted by Crippen LogP contribution is 2.11. The third kappa shape index (κ3) is 7.82. The number of rotatable bonds is 5. The maximum atomic E-state index is 12.0. The lowest BCUT2D eigenvalue weighted by Gasteiger charge is -2.24. The Morgan fingerprint density at radius 2 is 1.30 bits per heavy atom. The highest BCUT2D eigenvalue weighted by molar-refractivity contribution is 7.89. The smallest absolute Gasteiger partial charge is 0.407 e. The zero-order valence-electron chi connectivity index (χ0n) is 18.2. The molecular formula is C20H27N5O6S2. The van der Waals surface area contributed by atoms with Gasteiger partial charge in [-0.2, -0.15) is 18.4 Å². The molecule has 2 aromatic rings. The van der Waals surface area contributed by atoms with Crippen molar-refractivity contribution in [3.8, 4) is 0 Å². The van der Waals surface area contributed by atoms with Gasteiger partial charge in [0.2, 0.25) is 0 Å². The molecular weight excluding hydrogens is 470 g/mol. The molecule has 0 bridgehead atoms. The van der Waals surface area contributed by atoms with E-state index in [2.05, 4.69) is 9.93 Å². The van der Waals surface area contributed by atoms with E-state index in [0.29, 0.717) is 31.6 Å². The first-order chi connectivity index (χ1) is 15.4. The number of hydrazine groups is 1. The number of carboxylic acid groups (broad SMARTS) is 1. The zero-order valence-corrected chi connectivity index (χ0v) is 19.9. The molecule has 5 N–H and O–H groups in total. The molecule has 0 radical (unpaired) electrons. The molecule has 1 fully saturated rings. The van der Waals surface area contributed by atoms with Crippen molar-refractivity contribution in [3.63, 3.8) is 0 Å². The number of aryl methyl sites for hydroxylation is 2. The highest BCUT2D eigenvalue weighted by atomic mass is 32.2. The number of hydrogen-bond donors (Lipinski definition) is 4. The van der Waals surface area contributed by atoms with Crippen LogP contribution in [0.15, 0.2) is 63.4 Å². The van der Waals surface area contributed by atoms with Gasteiger partial charge >= 0.3 is 6.09 Å². The first-order valence-electron chi connectivity index (χ1n) is 9.85. The minimum Gasteiger partial charge on any atom is -0.465 e. The number of hydrogen-bond acceptors (Lipinski definition) is 7. The fourth-order valence-electron chi connectivity index (χ4n) is 2.75. The van der Waals surface area contributed by atoms with E-state index in [1.54, 1.807) is 29.1 Å². The number of benzene rings is 2. The Kier molecular flexibility index (Phi) is 8.93. The van der Waals surface area contributed by atoms with Crippen LogP contribution >= 0.6 is 0 Å². The molecule has 13 heteroatoms. The molecule has 1 saturated heterocycles. The minimum absolute atomic E-state index is 0.153. The van der Waals surface area contributed by atoms with E-state index >= 15 is 0 Å². The Morgan fingerprint density at radius 3 is 1.70 bits per heavy atom. The molecule has 1 amide bonds. The molecule has 0 saturated carbocycles. The van der Waals surface area contributed by atoms with Crippen molar-refractivity contribution in [2.24, 2.45) is 10.9 Å². The molecule has 3 rings (SSSR count). The fraction of sp³-hybridized carbons (Fsp3) is 0.300. The fourth-order valence-corrected chi connectivity index (χ4v) is 4.23. The second-order valence-corrected chi connectivity index (χ2v) is 10.7. The number of nitrogens with one attached hydrogen (secondary N) is 2. The summed E-state index contributed by atoms with van der Waals surface area (Å²) in [4.78, 5) is 16.3. The number of carbonyl (C=O) groups is 1. The van der Waals surface area contributed by atoms with Crippen LogP contribution < -0.4 is 15.5 Å². The largest absolute Gasteiger partial charge is 0.465 e. The van der Waals surface area contributed by atoms with Gasteiger partial charge in [0.25, 0.3) is 20.0 Å². The molecule has 0 spiro atoms. The average Bonchev–Trinajstić information content (AvgIpc) is 2.79. The van der Waals surface area contributed by atoms with E-state index in [-0.39, 0.29) is 9.79 Å². The van der Waals surface area contributed by atoms with Gasteiger partial charge in [0, 0.05) is 31.6 Å². The van der Waals surface area contributed by atoms with Crippen LogP contribution in [-0.4, -0.2) is 51.7 Å². The maximum absolute atomic E-state index is 12.0. The van der Waals surface area contributed by atoms with Crippen LogP contribution in [0.1, 0.15) is 24.0 Å². The zero-order chi connectivity index (χ0) is 24.6. The topological polar surface area (TPSA) is 171 Å². The predicted molar refractivity (Wildman–Crippen MR) is 123 cm³/mol. The van der Waals surface area contributed by atoms with Gasteiger partial charge in [0.05, 0.1) is 9.79 Å². The van der Waals surface area contributed by atoms with Crippen molar-refractivity contribution in [1.29, 1.82) is 0 Å². The molecule has 0 atom stereocenters. The van der Waals surface area contributed by atoms with Crippen LogP contribution in [0.3, 0.4) is 0 Å². The summed E-state index contributed by atoms with van der Waals surface area (Å²) in [6, 6.07) is 12.9. The van der Waals surface area contributed by atoms with Crippen LogP contribution in [0.5, 0.6) is 0 Å². The number of amides is 1. The maximum Gasteiger partial charge on any atom is 0.407 e. The number of piperidine rings is 1. The molecule has 1 heterocycles. The third-order valence-corrected chi connectivity index (χ3v) is 7.18. The van der Waals surface area contributed by atoms with Gasteiger partial charge in [-0.05, 0) is 38.1 Å². The van der Waals surface area contributed by atoms with Crippen molar-refractivity contribution >= 4 is 31.9 Å². The predicted octanol–water partition coefficient (Wildman–Crippen LogP) is 1.55. The lowest BCUT2D eigenvalue weighted by Crippen LogP contribution is -2.38. The Morgan fingerprint density at radius 1 is 0.879 bits per heavy atom. The number of sulfonamides is 2. The molecule has 11 nitrogen and oxygen atoms in total. The van der Waals surface area contributed by atoms with Crippen LogP contribution in [-0.2, 0) is 20.0 Å². The lowest BCUT2D eigenvalue weighted by atomic mass is 10.1. The van der Waals surface area contributed by atoms with Crippen LogP contribution in [0, 0.1) is 13.8 Å². The van der Waals surface area contributed by atoms with Gasteiger partial charge in [-0.15, -0.1) is 0 Å². The van der Waals surface area contributed by atoms with Crippen LogP contribution in [0.2, 0.25) is 0 Å². The minimum atomic E-state index is -3.67. The molecule has 0 aliphatic carbocycles. The second kappa shape index (κ2) is 11.2. The summed E-state index contributed by atoms with van der Waals surface area (Å²) < 4.78 is 46.2. The summed E-state index contributed by atoms with van der Waals surface area (Å²) in [6.07, 6.45) is -0.0971. The summed E-state index contributed by atoms with van der Waals surface area (Å²) in [5.74, 6) is 4.84. The Labute approximate surface area is 193 Å². The van der Waals surface area contributed by atoms with E-state index in [0.717, 1.165) is 11.1 Å². The molecule has 0 unspecified atom stereocenters. The van der Waals surface area contributed by atoms with E-state index in [1.165, 1.54) is 29.2 Å². The van der Waals surface area contributed by atoms with Gasteiger partial charge in [0.1, 0.15) is 0 Å². The van der Waals surface area contributed by atoms with E-state index in [9.17, 15) is 21.6 Å². The van der Waals surface area contributed by atoms with Gasteiger partial charge in [-0.3, -0.25) is 5.84 Å². The van der Waals surface area contributed by atoms with Crippen molar-refractivity contribution in [2.75, 3.05) is 13.1 Å². The molecule has 0 aromatic heterocycles. The van der Waals surface area contributed by atoms with E-state index in [1.807, 2.05) is 13.8 Å². The van der Waals surface area contributed by atoms with Crippen molar-refractivity contribution in [3.05, 3.63) is 59.7 Å². The Bertz CT molecular complexity index is 1180. The molecule has 180 valence electrons. The van der Waals surface area contributed by atoms with Crippen LogP contribution in [0.4, 0.5) is 4.79 Å². The number of nitrogens with two attached hydrogens (primary N) is 1. The summed E-state index contributed by atoms with van der Waals surface area (Å²) in [5, 5.41) is 12.7. The van der Waals surface area contributed by atoms with Crippen molar-refractivity contribution in [2.45, 2.75) is 36.5 Å². The standard InChI is InChI=1S/C13H17N3O4S.C7H10N2O2S/c1-10-2-4-12(5-3-10)21(19,20)15-14-11-6-8-16(9-7-11)13(17)18;1-6-2-4-7(5-3-6)12(10,11)9-8/h2-5,15H,6-9H2,1H3,(H,17,18);2-5,9H,8H2,1H3. The molecule has 1 aliphatic heterocycles. The summed E-state index contributed by atoms with van der Waals surface area (Å²) in [5.41, 5.74) is 2.63. The summed E-state index contributed by atoms with van der Waals surface area (Å²) in [6.45, 7) is 4.42. The van der Waals surface area contributed by atoms with Crippen molar-refractivity contribution < 1.29 is 26.7 Å². The molecule has 33 heavy (non-hydrogen) atoms. The summed E-state index contributed by atoms with van der Waals surface area (Å²) in [7, 11) is -7.16.